The number of aromatic nitrogens is 4. The van der Waals surface area contributed by atoms with Gasteiger partial charge in [0.1, 0.15) is 12.1 Å². The number of nitrogens with two attached hydrogens (primary N) is 1. The number of hydrogen-bond donors (Lipinski definition) is 2. The van der Waals surface area contributed by atoms with Gasteiger partial charge in [0.2, 0.25) is 0 Å². The van der Waals surface area contributed by atoms with E-state index in [4.69, 9.17) is 5.73 Å². The summed E-state index contributed by atoms with van der Waals surface area (Å²) in [6.07, 6.45) is 5.02. The molecule has 6 nitrogen and oxygen atoms in total. The molecule has 0 aliphatic heterocycles. The van der Waals surface area contributed by atoms with Crippen molar-refractivity contribution in [3.63, 3.8) is 0 Å². The molecule has 0 radical (unpaired) electrons. The standard InChI is InChI=1S/C11H12N6S/c12-8-5-16-17(6-8)3-2-13-11-10-9(1-4-18-10)14-7-15-11/h1,4-7H,2-3,12H2,(H,13,14,15). The maximum atomic E-state index is 5.60. The summed E-state index contributed by atoms with van der Waals surface area (Å²) >= 11 is 1.63. The maximum absolute atomic E-state index is 5.60. The first-order chi connectivity index (χ1) is 8.83. The average Bonchev–Trinajstić information content (AvgIpc) is 2.98. The van der Waals surface area contributed by atoms with Crippen LogP contribution >= 0.6 is 11.3 Å². The molecule has 0 saturated carbocycles. The summed E-state index contributed by atoms with van der Waals surface area (Å²) in [4.78, 5) is 8.45. The lowest BCUT2D eigenvalue weighted by Gasteiger charge is -2.06. The monoisotopic (exact) mass is 260 g/mol. The number of fused-ring (bicyclic) bond motifs is 1. The first-order valence-electron chi connectivity index (χ1n) is 5.53. The zero-order valence-electron chi connectivity index (χ0n) is 9.58. The minimum absolute atomic E-state index is 0.678. The molecule has 0 atom stereocenters. The van der Waals surface area contributed by atoms with Crippen molar-refractivity contribution in [1.29, 1.82) is 0 Å². The van der Waals surface area contributed by atoms with E-state index in [1.165, 1.54) is 0 Å². The van der Waals surface area contributed by atoms with Crippen molar-refractivity contribution in [3.8, 4) is 0 Å². The molecule has 0 amide bonds. The van der Waals surface area contributed by atoms with Crippen molar-refractivity contribution in [3.05, 3.63) is 30.2 Å². The molecule has 3 heterocycles. The molecular weight excluding hydrogens is 248 g/mol. The maximum Gasteiger partial charge on any atom is 0.147 e. The van der Waals surface area contributed by atoms with Crippen LogP contribution in [0.25, 0.3) is 10.2 Å². The fraction of sp³-hybridized carbons (Fsp3) is 0.182. The number of nitrogens with one attached hydrogen (secondary N) is 1. The van der Waals surface area contributed by atoms with Crippen LogP contribution in [-0.4, -0.2) is 26.3 Å². The van der Waals surface area contributed by atoms with Crippen LogP contribution in [0.4, 0.5) is 11.5 Å². The molecule has 0 fully saturated rings. The smallest absolute Gasteiger partial charge is 0.147 e. The Balaban J connectivity index is 1.68. The number of thiophene rings is 1. The number of hydrogen-bond acceptors (Lipinski definition) is 6. The summed E-state index contributed by atoms with van der Waals surface area (Å²) < 4.78 is 2.88. The second kappa shape index (κ2) is 4.61. The van der Waals surface area contributed by atoms with E-state index < -0.39 is 0 Å². The van der Waals surface area contributed by atoms with Crippen LogP contribution < -0.4 is 11.1 Å². The molecule has 92 valence electrons. The molecule has 3 rings (SSSR count). The van der Waals surface area contributed by atoms with Gasteiger partial charge >= 0.3 is 0 Å². The summed E-state index contributed by atoms with van der Waals surface area (Å²) in [5.41, 5.74) is 7.25. The van der Waals surface area contributed by atoms with E-state index in [-0.39, 0.29) is 0 Å². The summed E-state index contributed by atoms with van der Waals surface area (Å²) in [7, 11) is 0. The van der Waals surface area contributed by atoms with E-state index in [9.17, 15) is 0 Å². The zero-order chi connectivity index (χ0) is 12.4. The lowest BCUT2D eigenvalue weighted by Crippen LogP contribution is -2.11. The van der Waals surface area contributed by atoms with Gasteiger partial charge in [0.25, 0.3) is 0 Å². The number of nitrogen functional groups attached to an aromatic ring is 1. The van der Waals surface area contributed by atoms with Crippen molar-refractivity contribution in [2.24, 2.45) is 0 Å². The summed E-state index contributed by atoms with van der Waals surface area (Å²) in [5, 5.41) is 9.42. The van der Waals surface area contributed by atoms with E-state index in [1.54, 1.807) is 28.5 Å². The van der Waals surface area contributed by atoms with E-state index in [2.05, 4.69) is 20.4 Å². The second-order valence-corrected chi connectivity index (χ2v) is 4.74. The molecule has 0 unspecified atom stereocenters. The molecule has 0 aliphatic carbocycles. The molecule has 0 spiro atoms. The Hall–Kier alpha value is -2.15. The molecule has 7 heteroatoms. The third kappa shape index (κ3) is 2.12. The zero-order valence-corrected chi connectivity index (χ0v) is 10.4. The SMILES string of the molecule is Nc1cnn(CCNc2ncnc3ccsc23)c1. The largest absolute Gasteiger partial charge is 0.396 e. The van der Waals surface area contributed by atoms with Crippen LogP contribution in [0.15, 0.2) is 30.2 Å². The van der Waals surface area contributed by atoms with Crippen molar-refractivity contribution >= 4 is 33.1 Å². The molecule has 18 heavy (non-hydrogen) atoms. The average molecular weight is 260 g/mol. The van der Waals surface area contributed by atoms with Gasteiger partial charge in [-0.25, -0.2) is 9.97 Å². The highest BCUT2D eigenvalue weighted by Crippen LogP contribution is 2.24. The van der Waals surface area contributed by atoms with Crippen LogP contribution in [-0.2, 0) is 6.54 Å². The van der Waals surface area contributed by atoms with Gasteiger partial charge in [-0.15, -0.1) is 11.3 Å². The van der Waals surface area contributed by atoms with E-state index in [0.717, 1.165) is 29.1 Å². The Morgan fingerprint density at radius 3 is 3.17 bits per heavy atom. The van der Waals surface area contributed by atoms with Crippen molar-refractivity contribution in [1.82, 2.24) is 19.7 Å². The number of nitrogens with zero attached hydrogens (tertiary/aromatic N) is 4. The van der Waals surface area contributed by atoms with Gasteiger partial charge in [-0.1, -0.05) is 0 Å². The fourth-order valence-electron chi connectivity index (χ4n) is 1.71. The van der Waals surface area contributed by atoms with Crippen molar-refractivity contribution in [2.75, 3.05) is 17.6 Å². The van der Waals surface area contributed by atoms with E-state index in [0.29, 0.717) is 5.69 Å². The molecule has 0 aromatic carbocycles. The molecule has 3 N–H and O–H groups in total. The summed E-state index contributed by atoms with van der Waals surface area (Å²) in [6.45, 7) is 1.49. The topological polar surface area (TPSA) is 81.6 Å². The lowest BCUT2D eigenvalue weighted by atomic mass is 10.4. The molecule has 0 aliphatic rings. The highest BCUT2D eigenvalue weighted by molar-refractivity contribution is 7.17. The highest BCUT2D eigenvalue weighted by Gasteiger charge is 2.04. The third-order valence-electron chi connectivity index (χ3n) is 2.53. The Kier molecular flexibility index (Phi) is 2.81. The quantitative estimate of drug-likeness (QED) is 0.744. The Bertz CT molecular complexity index is 658. The van der Waals surface area contributed by atoms with E-state index >= 15 is 0 Å². The van der Waals surface area contributed by atoms with Gasteiger partial charge in [0.15, 0.2) is 0 Å². The Morgan fingerprint density at radius 2 is 2.33 bits per heavy atom. The number of rotatable bonds is 4. The van der Waals surface area contributed by atoms with Gasteiger partial charge in [-0.3, -0.25) is 4.68 Å². The molecule has 0 bridgehead atoms. The second-order valence-electron chi connectivity index (χ2n) is 3.82. The van der Waals surface area contributed by atoms with Gasteiger partial charge in [-0.05, 0) is 11.4 Å². The van der Waals surface area contributed by atoms with E-state index in [1.807, 2.05) is 17.6 Å². The van der Waals surface area contributed by atoms with Crippen LogP contribution in [0, 0.1) is 0 Å². The van der Waals surface area contributed by atoms with Crippen LogP contribution in [0.1, 0.15) is 0 Å². The molecule has 0 saturated heterocycles. The van der Waals surface area contributed by atoms with Gasteiger partial charge in [-0.2, -0.15) is 5.10 Å². The van der Waals surface area contributed by atoms with Crippen LogP contribution in [0.2, 0.25) is 0 Å². The van der Waals surface area contributed by atoms with Gasteiger partial charge < -0.3 is 11.1 Å². The minimum atomic E-state index is 0.678. The summed E-state index contributed by atoms with van der Waals surface area (Å²) in [5.74, 6) is 0.870. The first kappa shape index (κ1) is 11.0. The lowest BCUT2D eigenvalue weighted by molar-refractivity contribution is 0.637. The predicted molar refractivity (Wildman–Crippen MR) is 72.5 cm³/mol. The number of anilines is 2. The highest BCUT2D eigenvalue weighted by atomic mass is 32.1. The van der Waals surface area contributed by atoms with Crippen LogP contribution in [0.5, 0.6) is 0 Å². The minimum Gasteiger partial charge on any atom is -0.396 e. The van der Waals surface area contributed by atoms with Crippen molar-refractivity contribution in [2.45, 2.75) is 6.54 Å². The summed E-state index contributed by atoms with van der Waals surface area (Å²) in [6, 6.07) is 1.99. The third-order valence-corrected chi connectivity index (χ3v) is 3.44. The molecule has 3 aromatic rings. The first-order valence-corrected chi connectivity index (χ1v) is 6.41. The van der Waals surface area contributed by atoms with Crippen LogP contribution in [0.3, 0.4) is 0 Å². The normalized spacial score (nSPS) is 10.9. The van der Waals surface area contributed by atoms with Crippen molar-refractivity contribution < 1.29 is 0 Å². The van der Waals surface area contributed by atoms with Gasteiger partial charge in [0.05, 0.1) is 28.6 Å². The molecular formula is C11H12N6S. The predicted octanol–water partition coefficient (Wildman–Crippen LogP) is 1.58. The fourth-order valence-corrected chi connectivity index (χ4v) is 2.52. The Morgan fingerprint density at radius 1 is 1.39 bits per heavy atom. The Labute approximate surface area is 107 Å². The molecule has 3 aromatic heterocycles. The van der Waals surface area contributed by atoms with Gasteiger partial charge in [0, 0.05) is 12.7 Å².